The minimum atomic E-state index is -0.936. The van der Waals surface area contributed by atoms with Gasteiger partial charge in [0.1, 0.15) is 5.82 Å². The van der Waals surface area contributed by atoms with E-state index >= 15 is 0 Å². The van der Waals surface area contributed by atoms with E-state index in [2.05, 4.69) is 23.5 Å². The molecule has 4 rings (SSSR count). The number of carboxylic acids is 1. The molecule has 160 valence electrons. The summed E-state index contributed by atoms with van der Waals surface area (Å²) in [6, 6.07) is 17.8. The number of hydrogen-bond acceptors (Lipinski definition) is 3. The van der Waals surface area contributed by atoms with Crippen LogP contribution in [0, 0.1) is 5.82 Å². The molecule has 0 aromatic heterocycles. The third-order valence-corrected chi connectivity index (χ3v) is 6.13. The van der Waals surface area contributed by atoms with Crippen LogP contribution in [0.4, 0.5) is 4.39 Å². The number of carboxylic acid groups (broad SMARTS) is 1. The van der Waals surface area contributed by atoms with Crippen LogP contribution in [0.3, 0.4) is 0 Å². The Hall–Kier alpha value is -2.73. The van der Waals surface area contributed by atoms with Crippen LogP contribution >= 0.6 is 11.6 Å². The van der Waals surface area contributed by atoms with Crippen LogP contribution in [0.25, 0.3) is 11.1 Å². The van der Waals surface area contributed by atoms with Crippen molar-refractivity contribution in [2.45, 2.75) is 31.4 Å². The highest BCUT2D eigenvalue weighted by Crippen LogP contribution is 2.28. The summed E-state index contributed by atoms with van der Waals surface area (Å²) in [5.74, 6) is -1.47. The third kappa shape index (κ3) is 4.96. The maximum absolute atomic E-state index is 13.6. The van der Waals surface area contributed by atoms with Crippen LogP contribution in [0.15, 0.2) is 60.7 Å². The molecule has 4 nitrogen and oxygen atoms in total. The lowest BCUT2D eigenvalue weighted by Gasteiger charge is -2.27. The lowest BCUT2D eigenvalue weighted by atomic mass is 9.86. The van der Waals surface area contributed by atoms with Gasteiger partial charge in [0.15, 0.2) is 0 Å². The van der Waals surface area contributed by atoms with Gasteiger partial charge < -0.3 is 15.5 Å². The van der Waals surface area contributed by atoms with E-state index in [1.54, 1.807) is 18.2 Å². The van der Waals surface area contributed by atoms with Crippen molar-refractivity contribution in [1.82, 2.24) is 5.32 Å². The first-order valence-electron chi connectivity index (χ1n) is 10.2. The highest BCUT2D eigenvalue weighted by Gasteiger charge is 2.20. The standard InChI is InChI=1S/C25H23ClFNO3/c26-22-10-8-19(13-23(22)27)24(29)14-28-21-9-7-16-3-6-18(11-20(16)12-21)15-1-4-17(5-2-15)25(30)31/h1-6,8,10-11,13,21,24,28-29H,7,9,12,14H2,(H,30,31)/t21-,24-/m0/s1. The van der Waals surface area contributed by atoms with Crippen molar-refractivity contribution in [3.05, 3.63) is 93.8 Å². The Morgan fingerprint density at radius 3 is 2.52 bits per heavy atom. The van der Waals surface area contributed by atoms with Crippen molar-refractivity contribution in [1.29, 1.82) is 0 Å². The number of aliphatic hydroxyl groups is 1. The average Bonchev–Trinajstić information content (AvgIpc) is 2.78. The summed E-state index contributed by atoms with van der Waals surface area (Å²) >= 11 is 5.71. The summed E-state index contributed by atoms with van der Waals surface area (Å²) in [5.41, 5.74) is 5.35. The van der Waals surface area contributed by atoms with Crippen LogP contribution < -0.4 is 5.32 Å². The summed E-state index contributed by atoms with van der Waals surface area (Å²) in [5, 5.41) is 22.9. The average molecular weight is 440 g/mol. The molecule has 6 heteroatoms. The largest absolute Gasteiger partial charge is 0.478 e. The zero-order valence-electron chi connectivity index (χ0n) is 16.8. The predicted octanol–water partition coefficient (Wildman–Crippen LogP) is 5.02. The Morgan fingerprint density at radius 2 is 1.81 bits per heavy atom. The second kappa shape index (κ2) is 9.18. The van der Waals surface area contributed by atoms with Crippen LogP contribution in [0.5, 0.6) is 0 Å². The highest BCUT2D eigenvalue weighted by atomic mass is 35.5. The maximum atomic E-state index is 13.6. The highest BCUT2D eigenvalue weighted by molar-refractivity contribution is 6.30. The van der Waals surface area contributed by atoms with Crippen LogP contribution in [0.2, 0.25) is 5.02 Å². The van der Waals surface area contributed by atoms with E-state index in [0.717, 1.165) is 30.4 Å². The van der Waals surface area contributed by atoms with E-state index in [1.807, 2.05) is 12.1 Å². The van der Waals surface area contributed by atoms with E-state index in [1.165, 1.54) is 23.3 Å². The summed E-state index contributed by atoms with van der Waals surface area (Å²) in [4.78, 5) is 11.1. The van der Waals surface area contributed by atoms with Crippen LogP contribution in [0.1, 0.15) is 39.6 Å². The molecule has 0 spiro atoms. The maximum Gasteiger partial charge on any atom is 0.335 e. The van der Waals surface area contributed by atoms with Crippen molar-refractivity contribution in [3.8, 4) is 11.1 Å². The molecule has 3 aromatic rings. The summed E-state index contributed by atoms with van der Waals surface area (Å²) in [6.45, 7) is 0.331. The van der Waals surface area contributed by atoms with Crippen LogP contribution in [-0.4, -0.2) is 28.8 Å². The fraction of sp³-hybridized carbons (Fsp3) is 0.240. The van der Waals surface area contributed by atoms with Gasteiger partial charge in [-0.1, -0.05) is 48.0 Å². The second-order valence-electron chi connectivity index (χ2n) is 7.90. The zero-order chi connectivity index (χ0) is 22.0. The molecule has 1 aliphatic rings. The molecule has 1 aliphatic carbocycles. The number of carbonyl (C=O) groups is 1. The number of fused-ring (bicyclic) bond motifs is 1. The van der Waals surface area contributed by atoms with Crippen molar-refractivity contribution in [2.24, 2.45) is 0 Å². The predicted molar refractivity (Wildman–Crippen MR) is 119 cm³/mol. The Kier molecular flexibility index (Phi) is 6.37. The third-order valence-electron chi connectivity index (χ3n) is 5.83. The van der Waals surface area contributed by atoms with Crippen molar-refractivity contribution < 1.29 is 19.4 Å². The first-order chi connectivity index (χ1) is 14.9. The number of benzene rings is 3. The van der Waals surface area contributed by atoms with Crippen molar-refractivity contribution in [2.75, 3.05) is 6.54 Å². The molecule has 0 heterocycles. The quantitative estimate of drug-likeness (QED) is 0.504. The minimum absolute atomic E-state index is 0.0428. The van der Waals surface area contributed by atoms with Gasteiger partial charge in [0.2, 0.25) is 0 Å². The molecule has 0 unspecified atom stereocenters. The van der Waals surface area contributed by atoms with Gasteiger partial charge in [0, 0.05) is 12.6 Å². The van der Waals surface area contributed by atoms with E-state index in [0.29, 0.717) is 12.1 Å². The number of aryl methyl sites for hydroxylation is 1. The molecular weight excluding hydrogens is 417 g/mol. The van der Waals surface area contributed by atoms with Gasteiger partial charge in [-0.3, -0.25) is 0 Å². The summed E-state index contributed by atoms with van der Waals surface area (Å²) in [7, 11) is 0. The second-order valence-corrected chi connectivity index (χ2v) is 8.31. The number of nitrogens with one attached hydrogen (secondary N) is 1. The molecule has 3 N–H and O–H groups in total. The molecule has 0 saturated carbocycles. The fourth-order valence-corrected chi connectivity index (χ4v) is 4.15. The molecule has 3 aromatic carbocycles. The molecule has 31 heavy (non-hydrogen) atoms. The van der Waals surface area contributed by atoms with Gasteiger partial charge in [0.25, 0.3) is 0 Å². The van der Waals surface area contributed by atoms with Gasteiger partial charge in [-0.2, -0.15) is 0 Å². The van der Waals surface area contributed by atoms with Gasteiger partial charge >= 0.3 is 5.97 Å². The zero-order valence-corrected chi connectivity index (χ0v) is 17.6. The molecule has 0 saturated heterocycles. The van der Waals surface area contributed by atoms with E-state index in [4.69, 9.17) is 16.7 Å². The fourth-order valence-electron chi connectivity index (χ4n) is 4.03. The number of rotatable bonds is 6. The first-order valence-corrected chi connectivity index (χ1v) is 10.6. The molecule has 0 amide bonds. The number of hydrogen-bond donors (Lipinski definition) is 3. The SMILES string of the molecule is O=C(O)c1ccc(-c2ccc3c(c2)C[C@@H](NC[C@H](O)c2ccc(Cl)c(F)c2)CC3)cc1. The van der Waals surface area contributed by atoms with Gasteiger partial charge in [-0.15, -0.1) is 0 Å². The van der Waals surface area contributed by atoms with Crippen molar-refractivity contribution in [3.63, 3.8) is 0 Å². The van der Waals surface area contributed by atoms with E-state index < -0.39 is 17.9 Å². The normalized spacial score (nSPS) is 16.5. The van der Waals surface area contributed by atoms with Gasteiger partial charge in [0.05, 0.1) is 16.7 Å². The Balaban J connectivity index is 1.42. The molecule has 0 aliphatic heterocycles. The van der Waals surface area contributed by atoms with Gasteiger partial charge in [-0.05, 0) is 71.3 Å². The number of aliphatic hydroxyl groups excluding tert-OH is 1. The lowest BCUT2D eigenvalue weighted by Crippen LogP contribution is -2.37. The van der Waals surface area contributed by atoms with E-state index in [-0.39, 0.29) is 16.6 Å². The minimum Gasteiger partial charge on any atom is -0.478 e. The first kappa shape index (κ1) is 21.5. The monoisotopic (exact) mass is 439 g/mol. The Labute approximate surface area is 185 Å². The topological polar surface area (TPSA) is 69.6 Å². The summed E-state index contributed by atoms with van der Waals surface area (Å²) < 4.78 is 13.6. The van der Waals surface area contributed by atoms with E-state index in [9.17, 15) is 14.3 Å². The van der Waals surface area contributed by atoms with Crippen LogP contribution in [-0.2, 0) is 12.8 Å². The Morgan fingerprint density at radius 1 is 1.06 bits per heavy atom. The smallest absolute Gasteiger partial charge is 0.335 e. The summed E-state index contributed by atoms with van der Waals surface area (Å²) in [6.07, 6.45) is 1.92. The van der Waals surface area contributed by atoms with Gasteiger partial charge in [-0.25, -0.2) is 9.18 Å². The molecule has 0 radical (unpaired) electrons. The number of halogens is 2. The number of aromatic carboxylic acids is 1. The lowest BCUT2D eigenvalue weighted by molar-refractivity contribution is 0.0697. The Bertz CT molecular complexity index is 1100. The molecule has 0 bridgehead atoms. The van der Waals surface area contributed by atoms with Crippen molar-refractivity contribution >= 4 is 17.6 Å². The molecular formula is C25H23ClFNO3. The molecule has 0 fully saturated rings. The molecule has 2 atom stereocenters.